The van der Waals surface area contributed by atoms with Gasteiger partial charge in [-0.2, -0.15) is 0 Å². The molecule has 0 bridgehead atoms. The van der Waals surface area contributed by atoms with E-state index in [1.807, 2.05) is 32.9 Å². The lowest BCUT2D eigenvalue weighted by Gasteiger charge is -2.14. The molecule has 6 nitrogen and oxygen atoms in total. The van der Waals surface area contributed by atoms with Crippen LogP contribution in [0.2, 0.25) is 0 Å². The van der Waals surface area contributed by atoms with Gasteiger partial charge in [-0.15, -0.1) is 0 Å². The molecule has 0 spiro atoms. The highest BCUT2D eigenvalue weighted by Gasteiger charge is 2.18. The van der Waals surface area contributed by atoms with E-state index in [0.717, 1.165) is 16.7 Å². The number of nitrogens with one attached hydrogen (secondary N) is 2. The third kappa shape index (κ3) is 4.29. The van der Waals surface area contributed by atoms with E-state index in [1.165, 1.54) is 14.2 Å². The van der Waals surface area contributed by atoms with E-state index in [1.54, 1.807) is 18.2 Å². The molecule has 0 fully saturated rings. The van der Waals surface area contributed by atoms with Gasteiger partial charge in [0.15, 0.2) is 0 Å². The van der Waals surface area contributed by atoms with E-state index in [0.29, 0.717) is 22.9 Å². The van der Waals surface area contributed by atoms with Gasteiger partial charge >= 0.3 is 11.8 Å². The summed E-state index contributed by atoms with van der Waals surface area (Å²) in [7, 11) is 3.00. The van der Waals surface area contributed by atoms with Crippen molar-refractivity contribution in [1.29, 1.82) is 0 Å². The molecule has 0 atom stereocenters. The fourth-order valence-corrected chi connectivity index (χ4v) is 2.64. The van der Waals surface area contributed by atoms with Crippen LogP contribution in [0.1, 0.15) is 16.7 Å². The largest absolute Gasteiger partial charge is 0.497 e. The number of carbonyl (C=O) groups excluding carboxylic acids is 2. The van der Waals surface area contributed by atoms with Crippen molar-refractivity contribution in [3.8, 4) is 11.5 Å². The van der Waals surface area contributed by atoms with E-state index < -0.39 is 11.8 Å². The quantitative estimate of drug-likeness (QED) is 0.837. The summed E-state index contributed by atoms with van der Waals surface area (Å²) in [5.74, 6) is -0.558. The Morgan fingerprint density at radius 1 is 0.840 bits per heavy atom. The van der Waals surface area contributed by atoms with Gasteiger partial charge in [0.25, 0.3) is 0 Å². The molecule has 0 aliphatic rings. The maximum atomic E-state index is 12.3. The lowest BCUT2D eigenvalue weighted by atomic mass is 10.1. The molecule has 0 aliphatic heterocycles. The molecule has 2 amide bonds. The third-order valence-corrected chi connectivity index (χ3v) is 3.78. The van der Waals surface area contributed by atoms with Crippen molar-refractivity contribution in [3.63, 3.8) is 0 Å². The number of methoxy groups -OCH3 is 2. The molecule has 0 aromatic heterocycles. The van der Waals surface area contributed by atoms with Crippen LogP contribution in [0.25, 0.3) is 0 Å². The Hall–Kier alpha value is -3.02. The summed E-state index contributed by atoms with van der Waals surface area (Å²) in [6, 6.07) is 8.85. The van der Waals surface area contributed by atoms with Gasteiger partial charge in [0.05, 0.1) is 19.9 Å². The SMILES string of the molecule is COc1ccc(OC)c(NC(=O)C(=O)Nc2c(C)cc(C)cc2C)c1. The van der Waals surface area contributed by atoms with Crippen LogP contribution < -0.4 is 20.1 Å². The predicted octanol–water partition coefficient (Wildman–Crippen LogP) is 3.21. The first kappa shape index (κ1) is 18.3. The van der Waals surface area contributed by atoms with Crippen LogP contribution in [0, 0.1) is 20.8 Å². The Morgan fingerprint density at radius 3 is 2.00 bits per heavy atom. The number of anilines is 2. The monoisotopic (exact) mass is 342 g/mol. The van der Waals surface area contributed by atoms with Crippen molar-refractivity contribution in [2.75, 3.05) is 24.9 Å². The number of hydrogen-bond donors (Lipinski definition) is 2. The van der Waals surface area contributed by atoms with Crippen molar-refractivity contribution in [2.24, 2.45) is 0 Å². The molecule has 0 heterocycles. The number of benzene rings is 2. The van der Waals surface area contributed by atoms with Gasteiger partial charge < -0.3 is 20.1 Å². The van der Waals surface area contributed by atoms with Crippen LogP contribution in [-0.4, -0.2) is 26.0 Å². The Balaban J connectivity index is 2.18. The maximum absolute atomic E-state index is 12.3. The minimum absolute atomic E-state index is 0.361. The van der Waals surface area contributed by atoms with Crippen molar-refractivity contribution in [3.05, 3.63) is 47.0 Å². The number of aryl methyl sites for hydroxylation is 3. The highest BCUT2D eigenvalue weighted by Crippen LogP contribution is 2.29. The first-order chi connectivity index (χ1) is 11.8. The first-order valence-electron chi connectivity index (χ1n) is 7.78. The van der Waals surface area contributed by atoms with Gasteiger partial charge in [0.1, 0.15) is 11.5 Å². The van der Waals surface area contributed by atoms with Gasteiger partial charge in [-0.25, -0.2) is 0 Å². The van der Waals surface area contributed by atoms with Crippen molar-refractivity contribution < 1.29 is 19.1 Å². The zero-order valence-corrected chi connectivity index (χ0v) is 15.0. The zero-order valence-electron chi connectivity index (χ0n) is 15.0. The molecule has 0 saturated heterocycles. The van der Waals surface area contributed by atoms with E-state index in [2.05, 4.69) is 10.6 Å². The summed E-state index contributed by atoms with van der Waals surface area (Å²) in [4.78, 5) is 24.5. The first-order valence-corrected chi connectivity index (χ1v) is 7.78. The molecule has 2 aromatic carbocycles. The van der Waals surface area contributed by atoms with Gasteiger partial charge in [0.2, 0.25) is 0 Å². The highest BCUT2D eigenvalue weighted by molar-refractivity contribution is 6.44. The molecule has 25 heavy (non-hydrogen) atoms. The smallest absolute Gasteiger partial charge is 0.314 e. The zero-order chi connectivity index (χ0) is 18.6. The molecule has 0 saturated carbocycles. The average Bonchev–Trinajstić information content (AvgIpc) is 2.57. The van der Waals surface area contributed by atoms with Gasteiger partial charge in [-0.1, -0.05) is 17.7 Å². The second-order valence-electron chi connectivity index (χ2n) is 5.75. The Bertz CT molecular complexity index is 792. The fourth-order valence-electron chi connectivity index (χ4n) is 2.64. The summed E-state index contributed by atoms with van der Waals surface area (Å²) >= 11 is 0. The van der Waals surface area contributed by atoms with Crippen molar-refractivity contribution in [1.82, 2.24) is 0 Å². The van der Waals surface area contributed by atoms with E-state index in [9.17, 15) is 9.59 Å². The molecular weight excluding hydrogens is 320 g/mol. The standard InChI is InChI=1S/C19H22N2O4/c1-11-8-12(2)17(13(3)9-11)21-19(23)18(22)20-15-10-14(24-4)6-7-16(15)25-5/h6-10H,1-5H3,(H,20,22)(H,21,23). The summed E-state index contributed by atoms with van der Waals surface area (Å²) in [6.07, 6.45) is 0. The fraction of sp³-hybridized carbons (Fsp3) is 0.263. The maximum Gasteiger partial charge on any atom is 0.314 e. The molecule has 6 heteroatoms. The highest BCUT2D eigenvalue weighted by atomic mass is 16.5. The minimum Gasteiger partial charge on any atom is -0.497 e. The van der Waals surface area contributed by atoms with Crippen LogP contribution >= 0.6 is 0 Å². The number of hydrogen-bond acceptors (Lipinski definition) is 4. The number of ether oxygens (including phenoxy) is 2. The molecule has 0 aliphatic carbocycles. The topological polar surface area (TPSA) is 76.7 Å². The molecule has 0 unspecified atom stereocenters. The molecule has 2 N–H and O–H groups in total. The molecule has 132 valence electrons. The summed E-state index contributed by atoms with van der Waals surface area (Å²) in [6.45, 7) is 5.75. The summed E-state index contributed by atoms with van der Waals surface area (Å²) in [5.41, 5.74) is 3.90. The van der Waals surface area contributed by atoms with Crippen LogP contribution in [0.4, 0.5) is 11.4 Å². The van der Waals surface area contributed by atoms with E-state index >= 15 is 0 Å². The number of rotatable bonds is 4. The van der Waals surface area contributed by atoms with E-state index in [4.69, 9.17) is 9.47 Å². The van der Waals surface area contributed by atoms with Crippen molar-refractivity contribution >= 4 is 23.2 Å². The van der Waals surface area contributed by atoms with Crippen LogP contribution in [0.3, 0.4) is 0 Å². The van der Waals surface area contributed by atoms with Crippen LogP contribution in [0.15, 0.2) is 30.3 Å². The molecule has 2 aromatic rings. The normalized spacial score (nSPS) is 10.1. The number of amides is 2. The summed E-state index contributed by atoms with van der Waals surface area (Å²) < 4.78 is 10.3. The minimum atomic E-state index is -0.786. The lowest BCUT2D eigenvalue weighted by Crippen LogP contribution is -2.29. The van der Waals surface area contributed by atoms with E-state index in [-0.39, 0.29) is 0 Å². The lowest BCUT2D eigenvalue weighted by molar-refractivity contribution is -0.133. The Labute approximate surface area is 147 Å². The van der Waals surface area contributed by atoms with Crippen molar-refractivity contribution in [2.45, 2.75) is 20.8 Å². The molecule has 0 radical (unpaired) electrons. The second kappa shape index (κ2) is 7.70. The van der Waals surface area contributed by atoms with Gasteiger partial charge in [0, 0.05) is 11.8 Å². The Kier molecular flexibility index (Phi) is 5.64. The number of carbonyl (C=O) groups is 2. The Morgan fingerprint density at radius 2 is 1.44 bits per heavy atom. The van der Waals surface area contributed by atoms with Crippen LogP contribution in [-0.2, 0) is 9.59 Å². The molecular formula is C19H22N2O4. The molecule has 2 rings (SSSR count). The van der Waals surface area contributed by atoms with Gasteiger partial charge in [-0.3, -0.25) is 9.59 Å². The third-order valence-electron chi connectivity index (χ3n) is 3.78. The predicted molar refractivity (Wildman–Crippen MR) is 97.5 cm³/mol. The van der Waals surface area contributed by atoms with Crippen LogP contribution in [0.5, 0.6) is 11.5 Å². The summed E-state index contributed by atoms with van der Waals surface area (Å²) in [5, 5.41) is 5.22. The average molecular weight is 342 g/mol. The second-order valence-corrected chi connectivity index (χ2v) is 5.75. The van der Waals surface area contributed by atoms with Gasteiger partial charge in [-0.05, 0) is 44.0 Å².